The van der Waals surface area contributed by atoms with E-state index in [4.69, 9.17) is 42.6 Å². The number of ether oxygens (including phenoxy) is 9. The first-order chi connectivity index (χ1) is 24.5. The van der Waals surface area contributed by atoms with Crippen LogP contribution in [0.3, 0.4) is 0 Å². The SMILES string of the molecule is CCCO[C@@H]1O[C@@H](C)[C@H](O)[C@@H](O[C@@H]2OC(CO)C(O)[C@H](O)[C@@H]2O)[C@H]1O[C@@H]1O[C@H](CO)[C@@H](O)[C@H](O[C@@H]2O[C@@H](C)[C@H](O)[C@@H](O)[C@H]2OC(C)=O)[C@H]1NC(C)=O. The Morgan fingerprint density at radius 3 is 1.75 bits per heavy atom. The van der Waals surface area contributed by atoms with Crippen molar-refractivity contribution in [1.29, 1.82) is 0 Å². The van der Waals surface area contributed by atoms with Gasteiger partial charge in [0.2, 0.25) is 5.91 Å². The molecule has 0 aliphatic carbocycles. The lowest BCUT2D eigenvalue weighted by Gasteiger charge is -2.50. The maximum absolute atomic E-state index is 12.6. The van der Waals surface area contributed by atoms with Crippen molar-refractivity contribution in [3.63, 3.8) is 0 Å². The molecule has 4 rings (SSSR count). The molecule has 0 spiro atoms. The minimum absolute atomic E-state index is 0.105. The third kappa shape index (κ3) is 9.55. The molecule has 4 saturated heterocycles. The van der Waals surface area contributed by atoms with Gasteiger partial charge in [-0.05, 0) is 20.3 Å². The van der Waals surface area contributed by atoms with Crippen LogP contribution in [0.1, 0.15) is 41.0 Å². The molecule has 4 aliphatic rings. The fraction of sp³-hybridized carbons (Fsp3) is 0.935. The quantitative estimate of drug-likeness (QED) is 0.0783. The molecule has 0 aromatic heterocycles. The summed E-state index contributed by atoms with van der Waals surface area (Å²) in [5.41, 5.74) is 0. The van der Waals surface area contributed by atoms with E-state index in [0.29, 0.717) is 6.42 Å². The summed E-state index contributed by atoms with van der Waals surface area (Å²) in [4.78, 5) is 24.5. The van der Waals surface area contributed by atoms with Gasteiger partial charge in [-0.15, -0.1) is 0 Å². The Kier molecular flexibility index (Phi) is 15.5. The molecule has 10 N–H and O–H groups in total. The van der Waals surface area contributed by atoms with Crippen molar-refractivity contribution in [3.8, 4) is 0 Å². The highest BCUT2D eigenvalue weighted by atomic mass is 16.8. The molecular formula is C31H53NO20. The summed E-state index contributed by atoms with van der Waals surface area (Å²) in [6, 6.07) is -1.49. The number of hydrogen-bond donors (Lipinski definition) is 10. The van der Waals surface area contributed by atoms with Gasteiger partial charge in [0.25, 0.3) is 0 Å². The molecular weight excluding hydrogens is 706 g/mol. The number of nitrogens with one attached hydrogen (secondary N) is 1. The first-order valence-corrected chi connectivity index (χ1v) is 17.2. The Balaban J connectivity index is 1.71. The lowest BCUT2D eigenvalue weighted by atomic mass is 9.94. The van der Waals surface area contributed by atoms with Gasteiger partial charge in [0.15, 0.2) is 31.3 Å². The Morgan fingerprint density at radius 1 is 0.596 bits per heavy atom. The van der Waals surface area contributed by atoms with Crippen LogP contribution in [0.5, 0.6) is 0 Å². The van der Waals surface area contributed by atoms with Crippen LogP contribution in [0.2, 0.25) is 0 Å². The van der Waals surface area contributed by atoms with E-state index in [1.54, 1.807) is 6.92 Å². The molecule has 4 fully saturated rings. The highest BCUT2D eigenvalue weighted by molar-refractivity contribution is 5.73. The third-order valence-corrected chi connectivity index (χ3v) is 9.28. The number of amides is 1. The smallest absolute Gasteiger partial charge is 0.303 e. The monoisotopic (exact) mass is 759 g/mol. The summed E-state index contributed by atoms with van der Waals surface area (Å²) in [6.45, 7) is 5.39. The number of carbonyl (C=O) groups is 2. The van der Waals surface area contributed by atoms with Gasteiger partial charge in [-0.2, -0.15) is 0 Å². The van der Waals surface area contributed by atoms with Crippen LogP contribution in [0, 0.1) is 0 Å². The number of esters is 1. The number of carbonyl (C=O) groups excluding carboxylic acids is 2. The van der Waals surface area contributed by atoms with Crippen LogP contribution in [0.25, 0.3) is 0 Å². The van der Waals surface area contributed by atoms with E-state index in [1.165, 1.54) is 13.8 Å². The maximum Gasteiger partial charge on any atom is 0.303 e. The van der Waals surface area contributed by atoms with Gasteiger partial charge in [0.05, 0.1) is 25.4 Å². The van der Waals surface area contributed by atoms with Crippen LogP contribution in [-0.4, -0.2) is 200 Å². The van der Waals surface area contributed by atoms with E-state index in [2.05, 4.69) is 5.32 Å². The number of aliphatic hydroxyl groups is 9. The minimum atomic E-state index is -1.87. The summed E-state index contributed by atoms with van der Waals surface area (Å²) < 4.78 is 52.5. The van der Waals surface area contributed by atoms with Crippen molar-refractivity contribution in [1.82, 2.24) is 5.32 Å². The molecule has 21 heteroatoms. The van der Waals surface area contributed by atoms with Gasteiger partial charge in [0, 0.05) is 20.5 Å². The third-order valence-electron chi connectivity index (χ3n) is 9.28. The van der Waals surface area contributed by atoms with Crippen molar-refractivity contribution in [2.24, 2.45) is 0 Å². The van der Waals surface area contributed by atoms with Gasteiger partial charge in [0.1, 0.15) is 79.3 Å². The van der Waals surface area contributed by atoms with Crippen LogP contribution >= 0.6 is 0 Å². The first-order valence-electron chi connectivity index (χ1n) is 17.2. The second-order valence-electron chi connectivity index (χ2n) is 13.3. The minimum Gasteiger partial charge on any atom is -0.454 e. The number of rotatable bonds is 13. The Hall–Kier alpha value is -1.74. The molecule has 302 valence electrons. The van der Waals surface area contributed by atoms with E-state index < -0.39 is 148 Å². The van der Waals surface area contributed by atoms with Crippen molar-refractivity contribution in [3.05, 3.63) is 0 Å². The second-order valence-corrected chi connectivity index (χ2v) is 13.3. The van der Waals surface area contributed by atoms with Crippen LogP contribution in [0.15, 0.2) is 0 Å². The molecule has 1 amide bonds. The molecule has 4 aliphatic heterocycles. The van der Waals surface area contributed by atoms with Gasteiger partial charge in [-0.1, -0.05) is 6.92 Å². The summed E-state index contributed by atoms with van der Waals surface area (Å²) in [7, 11) is 0. The van der Waals surface area contributed by atoms with Gasteiger partial charge in [-0.3, -0.25) is 9.59 Å². The van der Waals surface area contributed by atoms with E-state index in [-0.39, 0.29) is 6.61 Å². The summed E-state index contributed by atoms with van der Waals surface area (Å²) in [6.07, 6.45) is -29.0. The summed E-state index contributed by atoms with van der Waals surface area (Å²) in [5, 5.41) is 97.7. The van der Waals surface area contributed by atoms with E-state index in [9.17, 15) is 55.5 Å². The zero-order valence-corrected chi connectivity index (χ0v) is 29.4. The molecule has 4 heterocycles. The van der Waals surface area contributed by atoms with Crippen LogP contribution < -0.4 is 5.32 Å². The molecule has 0 radical (unpaired) electrons. The largest absolute Gasteiger partial charge is 0.454 e. The standard InChI is InChI=1S/C31H53NO20/c1-6-7-44-30-27(25(18(38)11(3)45-30)51-29-23(43)21(41)19(39)14(8-33)49-29)52-28-16(32-12(4)35)24(20(40)15(9-34)48-28)50-31-26(47-13(5)36)22(42)17(37)10(2)46-31/h10-11,14-31,33-34,37-43H,6-9H2,1-5H3,(H,32,35)/t10-,11-,14?,15+,16+,17-,18-,19?,20+,21-,22+,23-,24+,25+,26+,27+,28-,29-,30+,31-/m0/s1. The Bertz CT molecular complexity index is 1150. The normalized spacial score (nSPS) is 47.1. The average molecular weight is 760 g/mol. The highest BCUT2D eigenvalue weighted by Crippen LogP contribution is 2.36. The molecule has 52 heavy (non-hydrogen) atoms. The molecule has 0 bridgehead atoms. The Morgan fingerprint density at radius 2 is 1.15 bits per heavy atom. The fourth-order valence-electron chi connectivity index (χ4n) is 6.46. The maximum atomic E-state index is 12.6. The predicted molar refractivity (Wildman–Crippen MR) is 166 cm³/mol. The zero-order chi connectivity index (χ0) is 38.6. The summed E-state index contributed by atoms with van der Waals surface area (Å²) in [5.74, 6) is -1.55. The zero-order valence-electron chi connectivity index (χ0n) is 29.4. The second kappa shape index (κ2) is 18.7. The lowest BCUT2D eigenvalue weighted by Crippen LogP contribution is -2.70. The topological polar surface area (TPSA) is 311 Å². The molecule has 0 aromatic carbocycles. The van der Waals surface area contributed by atoms with Crippen molar-refractivity contribution >= 4 is 11.9 Å². The summed E-state index contributed by atoms with van der Waals surface area (Å²) >= 11 is 0. The van der Waals surface area contributed by atoms with Gasteiger partial charge >= 0.3 is 5.97 Å². The van der Waals surface area contributed by atoms with E-state index in [0.717, 1.165) is 13.8 Å². The predicted octanol–water partition coefficient (Wildman–Crippen LogP) is -5.54. The average Bonchev–Trinajstić information content (AvgIpc) is 3.09. The molecule has 0 aromatic rings. The van der Waals surface area contributed by atoms with E-state index in [1.807, 2.05) is 0 Å². The van der Waals surface area contributed by atoms with Crippen molar-refractivity contribution in [2.45, 2.75) is 164 Å². The van der Waals surface area contributed by atoms with Gasteiger partial charge < -0.3 is 93.9 Å². The first kappa shape index (κ1) is 43.0. The van der Waals surface area contributed by atoms with Crippen molar-refractivity contribution in [2.75, 3.05) is 19.8 Å². The van der Waals surface area contributed by atoms with Crippen LogP contribution in [0.4, 0.5) is 0 Å². The fourth-order valence-corrected chi connectivity index (χ4v) is 6.46. The lowest BCUT2D eigenvalue weighted by molar-refractivity contribution is -0.388. The molecule has 21 nitrogen and oxygen atoms in total. The van der Waals surface area contributed by atoms with Gasteiger partial charge in [-0.25, -0.2) is 0 Å². The molecule has 20 atom stereocenters. The highest BCUT2D eigenvalue weighted by Gasteiger charge is 2.56. The van der Waals surface area contributed by atoms with Crippen LogP contribution in [-0.2, 0) is 52.2 Å². The number of hydrogen-bond acceptors (Lipinski definition) is 20. The molecule has 0 saturated carbocycles. The van der Waals surface area contributed by atoms with Crippen molar-refractivity contribution < 1.29 is 98.2 Å². The van der Waals surface area contributed by atoms with E-state index >= 15 is 0 Å². The number of aliphatic hydroxyl groups excluding tert-OH is 9. The molecule has 2 unspecified atom stereocenters. The Labute approximate surface area is 299 Å².